The van der Waals surface area contributed by atoms with Crippen molar-refractivity contribution in [2.75, 3.05) is 25.0 Å². The zero-order valence-corrected chi connectivity index (χ0v) is 40.6. The fraction of sp³-hybridized carbons (Fsp3) is 0.417. The summed E-state index contributed by atoms with van der Waals surface area (Å²) in [5, 5.41) is 23.2. The van der Waals surface area contributed by atoms with Gasteiger partial charge in [-0.1, -0.05) is 69.0 Å². The first-order valence-electron chi connectivity index (χ1n) is 22.2. The first-order valence-corrected chi connectivity index (χ1v) is 24.2. The number of β-amino-alcohol motifs (C(OH)–C–C–N with tert-alkyl or cyclic N) is 1. The second kappa shape index (κ2) is 24.1. The van der Waals surface area contributed by atoms with E-state index in [2.05, 4.69) is 31.6 Å². The standard InChI is InChI=1S/C48H55F3IN7O7S/c1-27(2)42(40-21-28(3)57-66-40)48(64)59-25-33(60)23-39(59)47(63)56-38(30-11-13-31(14-12-30)45-29(4)54-26-67-45)24-41(61)53-19-9-7-5-6-8-10-20-65-58-46(62)34-16-17-35(49)43(51)44(34)55-37-18-15-32(52)22-36(37)50/h11-18,21-22,26-27,33,38-39,42,55,60H,5-10,19-20,23-25H2,1-4H3,(H,53,61)(H,56,63)(H,58,62)/t33-,38+,39+,42-/m1/s1. The van der Waals surface area contributed by atoms with E-state index in [1.807, 2.05) is 67.6 Å². The number of unbranched alkanes of at least 4 members (excludes halogenated alkanes) is 5. The molecule has 1 aliphatic heterocycles. The van der Waals surface area contributed by atoms with Crippen molar-refractivity contribution in [1.82, 2.24) is 31.2 Å². The van der Waals surface area contributed by atoms with Crippen LogP contribution in [0.2, 0.25) is 0 Å². The van der Waals surface area contributed by atoms with Gasteiger partial charge in [0.15, 0.2) is 11.6 Å². The molecule has 1 saturated heterocycles. The average Bonchev–Trinajstić information content (AvgIpc) is 4.04. The topological polar surface area (TPSA) is 188 Å². The smallest absolute Gasteiger partial charge is 0.277 e. The number of nitrogens with zero attached hydrogens (tertiary/aromatic N) is 3. The summed E-state index contributed by atoms with van der Waals surface area (Å²) >= 11 is 3.43. The summed E-state index contributed by atoms with van der Waals surface area (Å²) in [4.78, 5) is 66.4. The molecule has 0 aliphatic carbocycles. The van der Waals surface area contributed by atoms with Crippen LogP contribution in [0.1, 0.15) is 110 Å². The summed E-state index contributed by atoms with van der Waals surface area (Å²) in [6.45, 7) is 8.03. The molecule has 1 aliphatic rings. The lowest BCUT2D eigenvalue weighted by molar-refractivity contribution is -0.141. The molecule has 2 aromatic heterocycles. The maximum atomic E-state index is 14.7. The second-order valence-corrected chi connectivity index (χ2v) is 19.0. The fourth-order valence-electron chi connectivity index (χ4n) is 7.97. The zero-order chi connectivity index (χ0) is 48.2. The molecule has 0 radical (unpaired) electrons. The van der Waals surface area contributed by atoms with Crippen LogP contribution in [0.4, 0.5) is 24.5 Å². The van der Waals surface area contributed by atoms with Crippen LogP contribution in [0.15, 0.2) is 70.7 Å². The van der Waals surface area contributed by atoms with E-state index in [0.29, 0.717) is 40.0 Å². The van der Waals surface area contributed by atoms with E-state index in [9.17, 15) is 37.5 Å². The minimum absolute atomic E-state index is 0.0192. The van der Waals surface area contributed by atoms with E-state index in [1.54, 1.807) is 24.6 Å². The number of carbonyl (C=O) groups is 4. The number of aliphatic hydroxyl groups excluding tert-OH is 1. The van der Waals surface area contributed by atoms with E-state index < -0.39 is 59.1 Å². The third-order valence-electron chi connectivity index (χ3n) is 11.5. The first kappa shape index (κ1) is 51.0. The number of benzene rings is 3. The molecule has 3 heterocycles. The number of aryl methyl sites for hydroxylation is 2. The number of nitrogens with one attached hydrogen (secondary N) is 4. The monoisotopic (exact) mass is 1060 g/mol. The number of amides is 4. The number of aromatic nitrogens is 2. The molecule has 5 aromatic rings. The zero-order valence-electron chi connectivity index (χ0n) is 37.7. The summed E-state index contributed by atoms with van der Waals surface area (Å²) in [6.07, 6.45) is 3.76. The van der Waals surface area contributed by atoms with Crippen LogP contribution < -0.4 is 21.4 Å². The normalized spacial score (nSPS) is 15.6. The fourth-order valence-corrected chi connectivity index (χ4v) is 9.23. The van der Waals surface area contributed by atoms with E-state index in [-0.39, 0.29) is 55.0 Å². The molecule has 0 spiro atoms. The van der Waals surface area contributed by atoms with Crippen molar-refractivity contribution in [3.63, 3.8) is 0 Å². The van der Waals surface area contributed by atoms with Crippen LogP contribution in [0, 0.1) is 40.8 Å². The summed E-state index contributed by atoms with van der Waals surface area (Å²) in [6, 6.07) is 13.6. The lowest BCUT2D eigenvalue weighted by atomic mass is 9.91. The van der Waals surface area contributed by atoms with Crippen molar-refractivity contribution in [1.29, 1.82) is 0 Å². The van der Waals surface area contributed by atoms with Crippen LogP contribution in [-0.4, -0.2) is 75.6 Å². The van der Waals surface area contributed by atoms with Gasteiger partial charge in [0.25, 0.3) is 5.91 Å². The van der Waals surface area contributed by atoms with Gasteiger partial charge in [0.2, 0.25) is 17.7 Å². The molecule has 4 amide bonds. The van der Waals surface area contributed by atoms with Crippen LogP contribution in [-0.2, 0) is 19.2 Å². The van der Waals surface area contributed by atoms with Crippen LogP contribution in [0.25, 0.3) is 10.4 Å². The summed E-state index contributed by atoms with van der Waals surface area (Å²) in [7, 11) is 0. The largest absolute Gasteiger partial charge is 0.391 e. The number of hydrogen-bond acceptors (Lipinski definition) is 11. The van der Waals surface area contributed by atoms with Gasteiger partial charge in [0.1, 0.15) is 23.5 Å². The van der Waals surface area contributed by atoms with Gasteiger partial charge < -0.3 is 30.5 Å². The van der Waals surface area contributed by atoms with E-state index in [0.717, 1.165) is 54.0 Å². The minimum atomic E-state index is -1.33. The lowest BCUT2D eigenvalue weighted by Gasteiger charge is -2.30. The van der Waals surface area contributed by atoms with Crippen LogP contribution in [0.5, 0.6) is 0 Å². The van der Waals surface area contributed by atoms with Gasteiger partial charge in [-0.05, 0) is 96.7 Å². The third kappa shape index (κ3) is 13.6. The number of hydrogen-bond donors (Lipinski definition) is 5. The van der Waals surface area contributed by atoms with Crippen molar-refractivity contribution >= 4 is 68.9 Å². The number of carbonyl (C=O) groups excluding carboxylic acids is 4. The highest BCUT2D eigenvalue weighted by Gasteiger charge is 2.43. The summed E-state index contributed by atoms with van der Waals surface area (Å²) < 4.78 is 49.3. The third-order valence-corrected chi connectivity index (χ3v) is 13.1. The molecule has 4 atom stereocenters. The van der Waals surface area contributed by atoms with Crippen molar-refractivity contribution in [3.8, 4) is 10.4 Å². The van der Waals surface area contributed by atoms with Crippen molar-refractivity contribution < 1.29 is 46.8 Å². The number of halogens is 4. The quantitative estimate of drug-likeness (QED) is 0.0254. The molecule has 6 rings (SSSR count). The minimum Gasteiger partial charge on any atom is -0.391 e. The van der Waals surface area contributed by atoms with Crippen molar-refractivity contribution in [2.45, 2.75) is 103 Å². The molecule has 358 valence electrons. The Kier molecular flexibility index (Phi) is 18.3. The molecule has 14 nitrogen and oxygen atoms in total. The highest BCUT2D eigenvalue weighted by atomic mass is 127. The van der Waals surface area contributed by atoms with Gasteiger partial charge in [-0.25, -0.2) is 23.6 Å². The van der Waals surface area contributed by atoms with Gasteiger partial charge in [0.05, 0.1) is 63.9 Å². The molecule has 67 heavy (non-hydrogen) atoms. The number of hydroxylamine groups is 1. The van der Waals surface area contributed by atoms with E-state index in [4.69, 9.17) is 9.36 Å². The molecule has 5 N–H and O–H groups in total. The summed E-state index contributed by atoms with van der Waals surface area (Å²) in [5.41, 5.74) is 6.29. The Morgan fingerprint density at radius 1 is 0.955 bits per heavy atom. The molecule has 1 fully saturated rings. The van der Waals surface area contributed by atoms with Gasteiger partial charge in [0, 0.05) is 29.1 Å². The maximum Gasteiger partial charge on any atom is 0.277 e. The molecular weight excluding hydrogens is 1000 g/mol. The van der Waals surface area contributed by atoms with Crippen molar-refractivity contribution in [3.05, 3.63) is 115 Å². The Morgan fingerprint density at radius 2 is 1.69 bits per heavy atom. The Bertz CT molecular complexity index is 2510. The van der Waals surface area contributed by atoms with E-state index >= 15 is 0 Å². The van der Waals surface area contributed by atoms with Crippen LogP contribution >= 0.6 is 33.9 Å². The number of likely N-dealkylation sites (tertiary alicyclic amines) is 1. The molecule has 3 aromatic carbocycles. The average molecular weight is 1060 g/mol. The maximum absolute atomic E-state index is 14.7. The molecule has 0 unspecified atom stereocenters. The lowest BCUT2D eigenvalue weighted by Crippen LogP contribution is -2.49. The Hall–Kier alpha value is -5.38. The Labute approximate surface area is 404 Å². The van der Waals surface area contributed by atoms with Gasteiger partial charge in [-0.2, -0.15) is 0 Å². The van der Waals surface area contributed by atoms with Gasteiger partial charge >= 0.3 is 0 Å². The second-order valence-electron chi connectivity index (χ2n) is 16.9. The first-order chi connectivity index (χ1) is 32.1. The Morgan fingerprint density at radius 3 is 2.36 bits per heavy atom. The number of aliphatic hydroxyl groups is 1. The van der Waals surface area contributed by atoms with Gasteiger partial charge in [-0.3, -0.25) is 24.0 Å². The number of anilines is 2. The SMILES string of the molecule is Cc1cc([C@H](C(=O)N2C[C@H](O)C[C@H]2C(=O)N[C@@H](CC(=O)NCCCCCCCCONC(=O)c2ccc(F)c(F)c2Nc2ccc(I)cc2F)c2ccc(-c3scnc3C)cc2)C(C)C)on1. The number of rotatable bonds is 22. The predicted molar refractivity (Wildman–Crippen MR) is 256 cm³/mol. The molecule has 19 heteroatoms. The van der Waals surface area contributed by atoms with Crippen molar-refractivity contribution in [2.24, 2.45) is 5.92 Å². The Balaban J connectivity index is 0.958. The highest BCUT2D eigenvalue weighted by molar-refractivity contribution is 14.1. The predicted octanol–water partition coefficient (Wildman–Crippen LogP) is 8.95. The molecule has 0 bridgehead atoms. The van der Waals surface area contributed by atoms with E-state index in [1.165, 1.54) is 28.4 Å². The highest BCUT2D eigenvalue weighted by Crippen LogP contribution is 2.33. The molecular formula is C48H55F3IN7O7S. The van der Waals surface area contributed by atoms with Crippen LogP contribution in [0.3, 0.4) is 0 Å². The number of thiazole rings is 1. The van der Waals surface area contributed by atoms with Gasteiger partial charge in [-0.15, -0.1) is 11.3 Å². The molecule has 0 saturated carbocycles. The summed E-state index contributed by atoms with van der Waals surface area (Å²) in [5.74, 6) is -5.64.